The van der Waals surface area contributed by atoms with Gasteiger partial charge in [-0.25, -0.2) is 4.98 Å². The van der Waals surface area contributed by atoms with E-state index in [1.807, 2.05) is 24.3 Å². The predicted molar refractivity (Wildman–Crippen MR) is 77.6 cm³/mol. The number of aromatic nitrogens is 1. The maximum atomic E-state index is 5.31. The van der Waals surface area contributed by atoms with Crippen LogP contribution in [-0.4, -0.2) is 12.1 Å². The monoisotopic (exact) mass is 306 g/mol. The number of hydrogen-bond acceptors (Lipinski definition) is 3. The Morgan fingerprint density at radius 2 is 2.11 bits per heavy atom. The summed E-state index contributed by atoms with van der Waals surface area (Å²) >= 11 is 3.37. The maximum Gasteiger partial charge on any atom is 0.130 e. The molecule has 2 aromatic rings. The number of rotatable bonds is 4. The van der Waals surface area contributed by atoms with Gasteiger partial charge in [0.1, 0.15) is 11.6 Å². The summed E-state index contributed by atoms with van der Waals surface area (Å²) in [7, 11) is 1.69. The minimum absolute atomic E-state index is 0.824. The van der Waals surface area contributed by atoms with Crippen molar-refractivity contribution in [2.75, 3.05) is 12.4 Å². The highest BCUT2D eigenvalue weighted by Crippen LogP contribution is 2.25. The fourth-order valence-electron chi connectivity index (χ4n) is 1.73. The Balaban J connectivity index is 2.21. The lowest BCUT2D eigenvalue weighted by Crippen LogP contribution is -1.96. The minimum Gasteiger partial charge on any atom is -0.496 e. The summed E-state index contributed by atoms with van der Waals surface area (Å²) in [6.45, 7) is 2.11. The van der Waals surface area contributed by atoms with Crippen LogP contribution in [0, 0.1) is 0 Å². The fourth-order valence-corrected chi connectivity index (χ4v) is 1.96. The molecule has 0 atom stereocenters. The first kappa shape index (κ1) is 12.9. The van der Waals surface area contributed by atoms with E-state index in [1.54, 1.807) is 13.3 Å². The lowest BCUT2D eigenvalue weighted by Gasteiger charge is -2.10. The zero-order valence-electron chi connectivity index (χ0n) is 10.4. The van der Waals surface area contributed by atoms with Gasteiger partial charge in [-0.3, -0.25) is 0 Å². The van der Waals surface area contributed by atoms with Gasteiger partial charge in [0.2, 0.25) is 0 Å². The van der Waals surface area contributed by atoms with Crippen LogP contribution in [0.1, 0.15) is 12.5 Å². The van der Waals surface area contributed by atoms with E-state index in [0.29, 0.717) is 0 Å². The van der Waals surface area contributed by atoms with Gasteiger partial charge in [-0.15, -0.1) is 0 Å². The molecule has 2 rings (SSSR count). The molecule has 0 amide bonds. The zero-order valence-corrected chi connectivity index (χ0v) is 12.0. The molecule has 0 aliphatic carbocycles. The van der Waals surface area contributed by atoms with E-state index < -0.39 is 0 Å². The molecule has 0 bridgehead atoms. The first-order valence-electron chi connectivity index (χ1n) is 5.78. The Labute approximate surface area is 115 Å². The second-order valence-corrected chi connectivity index (χ2v) is 4.78. The number of aryl methyl sites for hydroxylation is 1. The number of methoxy groups -OCH3 is 1. The van der Waals surface area contributed by atoms with Gasteiger partial charge in [0.25, 0.3) is 0 Å². The topological polar surface area (TPSA) is 34.2 Å². The molecule has 0 saturated heterocycles. The van der Waals surface area contributed by atoms with Gasteiger partial charge in [-0.1, -0.05) is 6.92 Å². The fraction of sp³-hybridized carbons (Fsp3) is 0.214. The Kier molecular flexibility index (Phi) is 4.20. The SMILES string of the molecule is CCc1cc(Nc2ccc(Br)cn2)ccc1OC. The summed E-state index contributed by atoms with van der Waals surface area (Å²) in [5, 5.41) is 3.27. The highest BCUT2D eigenvalue weighted by atomic mass is 79.9. The Morgan fingerprint density at radius 3 is 2.72 bits per heavy atom. The smallest absolute Gasteiger partial charge is 0.130 e. The third-order valence-electron chi connectivity index (χ3n) is 2.66. The van der Waals surface area contributed by atoms with Gasteiger partial charge in [-0.2, -0.15) is 0 Å². The van der Waals surface area contributed by atoms with Crippen LogP contribution in [0.2, 0.25) is 0 Å². The van der Waals surface area contributed by atoms with Gasteiger partial charge >= 0.3 is 0 Å². The lowest BCUT2D eigenvalue weighted by atomic mass is 10.1. The second kappa shape index (κ2) is 5.87. The van der Waals surface area contributed by atoms with Crippen LogP contribution in [0.4, 0.5) is 11.5 Å². The molecule has 0 aliphatic rings. The van der Waals surface area contributed by atoms with Crippen molar-refractivity contribution in [1.82, 2.24) is 4.98 Å². The van der Waals surface area contributed by atoms with E-state index in [9.17, 15) is 0 Å². The summed E-state index contributed by atoms with van der Waals surface area (Å²) in [4.78, 5) is 4.28. The molecule has 1 N–H and O–H groups in total. The molecule has 0 fully saturated rings. The maximum absolute atomic E-state index is 5.31. The summed E-state index contributed by atoms with van der Waals surface area (Å²) in [5.74, 6) is 1.75. The molecule has 0 aliphatic heterocycles. The zero-order chi connectivity index (χ0) is 13.0. The van der Waals surface area contributed by atoms with Crippen molar-refractivity contribution in [3.05, 3.63) is 46.6 Å². The highest BCUT2D eigenvalue weighted by molar-refractivity contribution is 9.10. The molecule has 1 aromatic heterocycles. The largest absolute Gasteiger partial charge is 0.496 e. The Morgan fingerprint density at radius 1 is 1.28 bits per heavy atom. The van der Waals surface area contributed by atoms with Crippen molar-refractivity contribution < 1.29 is 4.74 Å². The minimum atomic E-state index is 0.824. The number of ether oxygens (including phenoxy) is 1. The molecule has 18 heavy (non-hydrogen) atoms. The number of nitrogens with zero attached hydrogens (tertiary/aromatic N) is 1. The van der Waals surface area contributed by atoms with Crippen molar-refractivity contribution in [3.63, 3.8) is 0 Å². The van der Waals surface area contributed by atoms with E-state index in [2.05, 4.69) is 39.2 Å². The van der Waals surface area contributed by atoms with Gasteiger partial charge in [0.15, 0.2) is 0 Å². The number of hydrogen-bond donors (Lipinski definition) is 1. The van der Waals surface area contributed by atoms with Crippen molar-refractivity contribution in [2.45, 2.75) is 13.3 Å². The quantitative estimate of drug-likeness (QED) is 0.921. The third-order valence-corrected chi connectivity index (χ3v) is 3.13. The van der Waals surface area contributed by atoms with Crippen LogP contribution >= 0.6 is 15.9 Å². The molecule has 0 radical (unpaired) electrons. The number of nitrogens with one attached hydrogen (secondary N) is 1. The predicted octanol–water partition coefficient (Wildman–Crippen LogP) is 4.16. The molecule has 1 aromatic carbocycles. The number of benzene rings is 1. The first-order valence-corrected chi connectivity index (χ1v) is 6.57. The molecular weight excluding hydrogens is 292 g/mol. The first-order chi connectivity index (χ1) is 8.72. The van der Waals surface area contributed by atoms with Crippen LogP contribution in [0.5, 0.6) is 5.75 Å². The molecular formula is C14H15BrN2O. The van der Waals surface area contributed by atoms with Crippen molar-refractivity contribution >= 4 is 27.4 Å². The molecule has 94 valence electrons. The molecule has 4 heteroatoms. The third kappa shape index (κ3) is 3.01. The van der Waals surface area contributed by atoms with Gasteiger partial charge in [0, 0.05) is 16.4 Å². The molecule has 3 nitrogen and oxygen atoms in total. The normalized spacial score (nSPS) is 10.2. The molecule has 0 saturated carbocycles. The summed E-state index contributed by atoms with van der Waals surface area (Å²) in [5.41, 5.74) is 2.20. The van der Waals surface area contributed by atoms with Crippen LogP contribution in [0.15, 0.2) is 41.0 Å². The second-order valence-electron chi connectivity index (χ2n) is 3.87. The summed E-state index contributed by atoms with van der Waals surface area (Å²) in [6.07, 6.45) is 2.71. The van der Waals surface area contributed by atoms with Crippen molar-refractivity contribution in [3.8, 4) is 5.75 Å². The number of halogens is 1. The average molecular weight is 307 g/mol. The molecule has 0 unspecified atom stereocenters. The van der Waals surface area contributed by atoms with Gasteiger partial charge in [-0.05, 0) is 58.2 Å². The lowest BCUT2D eigenvalue weighted by molar-refractivity contribution is 0.410. The van der Waals surface area contributed by atoms with E-state index in [4.69, 9.17) is 4.74 Å². The summed E-state index contributed by atoms with van der Waals surface area (Å²) in [6, 6.07) is 9.93. The molecule has 1 heterocycles. The van der Waals surface area contributed by atoms with E-state index >= 15 is 0 Å². The van der Waals surface area contributed by atoms with Crippen molar-refractivity contribution in [2.24, 2.45) is 0 Å². The van der Waals surface area contributed by atoms with Crippen LogP contribution < -0.4 is 10.1 Å². The average Bonchev–Trinajstić information content (AvgIpc) is 2.41. The van der Waals surface area contributed by atoms with E-state index in [-0.39, 0.29) is 0 Å². The van der Waals surface area contributed by atoms with Crippen LogP contribution in [0.25, 0.3) is 0 Å². The standard InChI is InChI=1S/C14H15BrN2O/c1-3-10-8-12(5-6-13(10)18-2)17-14-7-4-11(15)9-16-14/h4-9H,3H2,1-2H3,(H,16,17). The Hall–Kier alpha value is -1.55. The van der Waals surface area contributed by atoms with Crippen molar-refractivity contribution in [1.29, 1.82) is 0 Å². The van der Waals surface area contributed by atoms with Crippen LogP contribution in [-0.2, 0) is 6.42 Å². The Bertz CT molecular complexity index is 526. The highest BCUT2D eigenvalue weighted by Gasteiger charge is 2.03. The summed E-state index contributed by atoms with van der Waals surface area (Å²) < 4.78 is 6.28. The number of anilines is 2. The van der Waals surface area contributed by atoms with Gasteiger partial charge in [0.05, 0.1) is 7.11 Å². The van der Waals surface area contributed by atoms with E-state index in [1.165, 1.54) is 5.56 Å². The number of pyridine rings is 1. The van der Waals surface area contributed by atoms with Crippen LogP contribution in [0.3, 0.4) is 0 Å². The van der Waals surface area contributed by atoms with E-state index in [0.717, 1.165) is 28.1 Å². The molecule has 0 spiro atoms. The van der Waals surface area contributed by atoms with Gasteiger partial charge < -0.3 is 10.1 Å².